The Bertz CT molecular complexity index is 452. The first-order valence-electron chi connectivity index (χ1n) is 3.64. The van der Waals surface area contributed by atoms with E-state index < -0.39 is 0 Å². The van der Waals surface area contributed by atoms with Crippen LogP contribution in [-0.4, -0.2) is 7.11 Å². The predicted molar refractivity (Wildman–Crippen MR) is 61.1 cm³/mol. The second-order valence-corrected chi connectivity index (χ2v) is 5.41. The summed E-state index contributed by atoms with van der Waals surface area (Å²) in [5.74, 6) is 0.751. The normalized spacial score (nSPS) is 10.7. The van der Waals surface area contributed by atoms with E-state index in [-0.39, 0.29) is 0 Å². The van der Waals surface area contributed by atoms with Gasteiger partial charge in [0, 0.05) is 10.1 Å². The summed E-state index contributed by atoms with van der Waals surface area (Å²) in [6.45, 7) is 0. The van der Waals surface area contributed by atoms with Crippen molar-refractivity contribution in [2.75, 3.05) is 7.11 Å². The summed E-state index contributed by atoms with van der Waals surface area (Å²) in [5.41, 5.74) is 0. The number of hydrogen-bond acceptors (Lipinski definition) is 2. The fourth-order valence-electron chi connectivity index (χ4n) is 1.24. The van der Waals surface area contributed by atoms with Crippen LogP contribution in [0.25, 0.3) is 10.1 Å². The van der Waals surface area contributed by atoms with E-state index in [1.165, 1.54) is 4.70 Å². The van der Waals surface area contributed by atoms with Crippen molar-refractivity contribution in [3.05, 3.63) is 27.0 Å². The van der Waals surface area contributed by atoms with Crippen LogP contribution in [0.5, 0.6) is 5.75 Å². The third kappa shape index (κ3) is 1.56. The molecule has 1 aromatic carbocycles. The van der Waals surface area contributed by atoms with Gasteiger partial charge in [-0.15, -0.1) is 11.3 Å². The largest absolute Gasteiger partial charge is 0.495 e. The van der Waals surface area contributed by atoms with Gasteiger partial charge in [-0.25, -0.2) is 0 Å². The van der Waals surface area contributed by atoms with Crippen LogP contribution in [0.2, 0.25) is 5.02 Å². The number of benzene rings is 1. The standard InChI is InChI=1S/C9H6BrClOS/c1-12-9-5-4-8(10)13-7(5)3-2-6(9)11/h2-4H,1H3. The van der Waals surface area contributed by atoms with Gasteiger partial charge in [-0.05, 0) is 34.1 Å². The lowest BCUT2D eigenvalue weighted by molar-refractivity contribution is 0.420. The van der Waals surface area contributed by atoms with E-state index in [4.69, 9.17) is 16.3 Å². The predicted octanol–water partition coefficient (Wildman–Crippen LogP) is 4.33. The average Bonchev–Trinajstić information content (AvgIpc) is 2.45. The topological polar surface area (TPSA) is 9.23 Å². The minimum absolute atomic E-state index is 0.653. The lowest BCUT2D eigenvalue weighted by atomic mass is 10.2. The van der Waals surface area contributed by atoms with Gasteiger partial charge in [-0.1, -0.05) is 11.6 Å². The Balaban J connectivity index is 2.82. The van der Waals surface area contributed by atoms with E-state index in [2.05, 4.69) is 15.9 Å². The summed E-state index contributed by atoms with van der Waals surface area (Å²) in [5, 5.41) is 1.71. The van der Waals surface area contributed by atoms with E-state index in [0.717, 1.165) is 14.9 Å². The molecule has 0 spiro atoms. The van der Waals surface area contributed by atoms with E-state index in [0.29, 0.717) is 5.02 Å². The highest BCUT2D eigenvalue weighted by atomic mass is 79.9. The molecule has 0 amide bonds. The van der Waals surface area contributed by atoms with E-state index in [1.54, 1.807) is 18.4 Å². The molecule has 1 heterocycles. The Kier molecular flexibility index (Phi) is 2.49. The molecule has 0 radical (unpaired) electrons. The van der Waals surface area contributed by atoms with Crippen LogP contribution >= 0.6 is 38.9 Å². The number of thiophene rings is 1. The molecular formula is C9H6BrClOS. The highest BCUT2D eigenvalue weighted by molar-refractivity contribution is 9.11. The Morgan fingerprint density at radius 1 is 1.46 bits per heavy atom. The van der Waals surface area contributed by atoms with Crippen molar-refractivity contribution in [1.82, 2.24) is 0 Å². The molecule has 1 aromatic heterocycles. The molecule has 1 nitrogen and oxygen atoms in total. The molecular weight excluding hydrogens is 272 g/mol. The molecule has 2 aromatic rings. The van der Waals surface area contributed by atoms with E-state index in [9.17, 15) is 0 Å². The van der Waals surface area contributed by atoms with Crippen LogP contribution in [-0.2, 0) is 0 Å². The molecule has 13 heavy (non-hydrogen) atoms. The van der Waals surface area contributed by atoms with Gasteiger partial charge < -0.3 is 4.74 Å². The molecule has 4 heteroatoms. The van der Waals surface area contributed by atoms with Crippen LogP contribution in [0.15, 0.2) is 22.0 Å². The monoisotopic (exact) mass is 276 g/mol. The summed E-state index contributed by atoms with van der Waals surface area (Å²) in [6, 6.07) is 5.87. The van der Waals surface area contributed by atoms with Crippen molar-refractivity contribution >= 4 is 49.0 Å². The third-order valence-electron chi connectivity index (χ3n) is 1.78. The van der Waals surface area contributed by atoms with Crippen LogP contribution in [0.4, 0.5) is 0 Å². The molecule has 0 bridgehead atoms. The second kappa shape index (κ2) is 3.48. The number of ether oxygens (including phenoxy) is 1. The van der Waals surface area contributed by atoms with Gasteiger partial charge in [0.2, 0.25) is 0 Å². The van der Waals surface area contributed by atoms with Crippen molar-refractivity contribution in [3.8, 4) is 5.75 Å². The van der Waals surface area contributed by atoms with Crippen molar-refractivity contribution in [2.45, 2.75) is 0 Å². The molecule has 0 saturated heterocycles. The number of fused-ring (bicyclic) bond motifs is 1. The van der Waals surface area contributed by atoms with Crippen molar-refractivity contribution < 1.29 is 4.74 Å². The fraction of sp³-hybridized carbons (Fsp3) is 0.111. The molecule has 0 atom stereocenters. The van der Waals surface area contributed by atoms with Crippen LogP contribution in [0.1, 0.15) is 0 Å². The van der Waals surface area contributed by atoms with Gasteiger partial charge >= 0.3 is 0 Å². The van der Waals surface area contributed by atoms with Gasteiger partial charge in [0.15, 0.2) is 0 Å². The van der Waals surface area contributed by atoms with Crippen molar-refractivity contribution in [3.63, 3.8) is 0 Å². The Hall–Kier alpha value is -0.250. The highest BCUT2D eigenvalue weighted by Crippen LogP contribution is 2.39. The molecule has 0 N–H and O–H groups in total. The third-order valence-corrected chi connectivity index (χ3v) is 3.68. The Morgan fingerprint density at radius 3 is 2.92 bits per heavy atom. The Labute approximate surface area is 93.4 Å². The minimum Gasteiger partial charge on any atom is -0.495 e. The van der Waals surface area contributed by atoms with Crippen LogP contribution in [0.3, 0.4) is 0 Å². The van der Waals surface area contributed by atoms with Gasteiger partial charge in [0.1, 0.15) is 5.75 Å². The summed E-state index contributed by atoms with van der Waals surface area (Å²) >= 11 is 11.1. The average molecular weight is 278 g/mol. The smallest absolute Gasteiger partial charge is 0.146 e. The lowest BCUT2D eigenvalue weighted by Gasteiger charge is -2.02. The van der Waals surface area contributed by atoms with Gasteiger partial charge in [-0.2, -0.15) is 0 Å². The highest BCUT2D eigenvalue weighted by Gasteiger charge is 2.08. The maximum absolute atomic E-state index is 5.98. The zero-order valence-corrected chi connectivity index (χ0v) is 9.96. The van der Waals surface area contributed by atoms with E-state index in [1.807, 2.05) is 18.2 Å². The lowest BCUT2D eigenvalue weighted by Crippen LogP contribution is -1.83. The first-order chi connectivity index (χ1) is 6.22. The molecule has 0 saturated carbocycles. The minimum atomic E-state index is 0.653. The van der Waals surface area contributed by atoms with Crippen LogP contribution in [0, 0.1) is 0 Å². The summed E-state index contributed by atoms with van der Waals surface area (Å²) < 4.78 is 7.49. The van der Waals surface area contributed by atoms with Crippen molar-refractivity contribution in [1.29, 1.82) is 0 Å². The molecule has 68 valence electrons. The van der Waals surface area contributed by atoms with Crippen LogP contribution < -0.4 is 4.74 Å². The fourth-order valence-corrected chi connectivity index (χ4v) is 3.01. The number of halogens is 2. The van der Waals surface area contributed by atoms with Gasteiger partial charge in [-0.3, -0.25) is 0 Å². The molecule has 2 rings (SSSR count). The Morgan fingerprint density at radius 2 is 2.23 bits per heavy atom. The number of rotatable bonds is 1. The summed E-state index contributed by atoms with van der Waals surface area (Å²) in [4.78, 5) is 0. The molecule has 0 aliphatic heterocycles. The van der Waals surface area contributed by atoms with E-state index >= 15 is 0 Å². The number of methoxy groups -OCH3 is 1. The molecule has 0 fully saturated rings. The maximum Gasteiger partial charge on any atom is 0.146 e. The maximum atomic E-state index is 5.98. The second-order valence-electron chi connectivity index (χ2n) is 2.54. The number of hydrogen-bond donors (Lipinski definition) is 0. The summed E-state index contributed by atoms with van der Waals surface area (Å²) in [6.07, 6.45) is 0. The zero-order valence-electron chi connectivity index (χ0n) is 6.80. The first-order valence-corrected chi connectivity index (χ1v) is 5.62. The first kappa shape index (κ1) is 9.31. The van der Waals surface area contributed by atoms with Crippen molar-refractivity contribution in [2.24, 2.45) is 0 Å². The summed E-state index contributed by atoms with van der Waals surface area (Å²) in [7, 11) is 1.63. The molecule has 0 aliphatic carbocycles. The zero-order chi connectivity index (χ0) is 9.42. The SMILES string of the molecule is COc1c(Cl)ccc2sc(Br)cc12. The van der Waals surface area contributed by atoms with Gasteiger partial charge in [0.05, 0.1) is 15.9 Å². The molecule has 0 aliphatic rings. The van der Waals surface area contributed by atoms with Gasteiger partial charge in [0.25, 0.3) is 0 Å². The molecule has 0 unspecified atom stereocenters. The quantitative estimate of drug-likeness (QED) is 0.754.